The first-order valence-electron chi connectivity index (χ1n) is 6.49. The molecule has 2 aromatic carbocycles. The average Bonchev–Trinajstić information content (AvgIpc) is 2.47. The molecule has 1 aromatic heterocycles. The van der Waals surface area contributed by atoms with E-state index in [1.54, 1.807) is 0 Å². The van der Waals surface area contributed by atoms with Crippen molar-refractivity contribution in [2.45, 2.75) is 13.5 Å². The Labute approximate surface area is 111 Å². The van der Waals surface area contributed by atoms with Gasteiger partial charge in [-0.3, -0.25) is 4.79 Å². The fourth-order valence-electron chi connectivity index (χ4n) is 2.47. The average molecular weight is 249 g/mol. The first-order valence-corrected chi connectivity index (χ1v) is 6.49. The summed E-state index contributed by atoms with van der Waals surface area (Å²) in [5, 5.41) is 1.10. The van der Waals surface area contributed by atoms with Gasteiger partial charge in [-0.25, -0.2) is 0 Å². The van der Waals surface area contributed by atoms with Crippen LogP contribution < -0.4 is 5.56 Å². The highest BCUT2D eigenvalue weighted by molar-refractivity contribution is 5.84. The van der Waals surface area contributed by atoms with E-state index in [1.807, 2.05) is 72.2 Å². The van der Waals surface area contributed by atoms with Crippen molar-refractivity contribution in [3.63, 3.8) is 0 Å². The molecule has 3 rings (SSSR count). The third-order valence-electron chi connectivity index (χ3n) is 3.40. The molecule has 0 radical (unpaired) electrons. The zero-order chi connectivity index (χ0) is 13.2. The number of nitrogens with zero attached hydrogens (tertiary/aromatic N) is 1. The summed E-state index contributed by atoms with van der Waals surface area (Å²) in [4.78, 5) is 12.6. The van der Waals surface area contributed by atoms with Crippen molar-refractivity contribution < 1.29 is 0 Å². The fourth-order valence-corrected chi connectivity index (χ4v) is 2.47. The maximum Gasteiger partial charge on any atom is 0.258 e. The summed E-state index contributed by atoms with van der Waals surface area (Å²) in [5.74, 6) is 0. The van der Waals surface area contributed by atoms with E-state index >= 15 is 0 Å². The Balaban J connectivity index is 2.39. The molecule has 0 aliphatic rings. The van der Waals surface area contributed by atoms with Gasteiger partial charge < -0.3 is 4.57 Å². The number of fused-ring (bicyclic) bond motifs is 1. The zero-order valence-electron chi connectivity index (χ0n) is 10.8. The molecular formula is C17H15NO. The fraction of sp³-hybridized carbons (Fsp3) is 0.118. The van der Waals surface area contributed by atoms with Gasteiger partial charge in [0.2, 0.25) is 0 Å². The van der Waals surface area contributed by atoms with Gasteiger partial charge in [-0.05, 0) is 30.0 Å². The van der Waals surface area contributed by atoms with Crippen molar-refractivity contribution in [1.82, 2.24) is 4.57 Å². The van der Waals surface area contributed by atoms with Crippen LogP contribution in [-0.4, -0.2) is 4.57 Å². The summed E-state index contributed by atoms with van der Waals surface area (Å²) in [7, 11) is 0. The first kappa shape index (κ1) is 11.7. The van der Waals surface area contributed by atoms with Crippen LogP contribution in [-0.2, 0) is 6.54 Å². The quantitative estimate of drug-likeness (QED) is 0.679. The van der Waals surface area contributed by atoms with E-state index in [-0.39, 0.29) is 5.56 Å². The van der Waals surface area contributed by atoms with Crippen molar-refractivity contribution in [3.05, 3.63) is 71.0 Å². The van der Waals surface area contributed by atoms with E-state index in [1.165, 1.54) is 0 Å². The van der Waals surface area contributed by atoms with Crippen molar-refractivity contribution in [3.8, 4) is 11.1 Å². The van der Waals surface area contributed by atoms with Crippen LogP contribution >= 0.6 is 0 Å². The lowest BCUT2D eigenvalue weighted by Gasteiger charge is -2.11. The Kier molecular flexibility index (Phi) is 2.92. The molecule has 0 bridgehead atoms. The normalized spacial score (nSPS) is 10.8. The van der Waals surface area contributed by atoms with E-state index in [0.29, 0.717) is 6.54 Å². The number of benzene rings is 2. The van der Waals surface area contributed by atoms with E-state index in [9.17, 15) is 4.79 Å². The molecule has 1 heterocycles. The van der Waals surface area contributed by atoms with E-state index in [0.717, 1.165) is 22.0 Å². The molecule has 0 saturated heterocycles. The second-order valence-electron chi connectivity index (χ2n) is 4.53. The van der Waals surface area contributed by atoms with Gasteiger partial charge >= 0.3 is 0 Å². The Hall–Kier alpha value is -2.35. The minimum Gasteiger partial charge on any atom is -0.308 e. The summed E-state index contributed by atoms with van der Waals surface area (Å²) < 4.78 is 1.83. The summed E-state index contributed by atoms with van der Waals surface area (Å²) >= 11 is 0. The van der Waals surface area contributed by atoms with Gasteiger partial charge in [-0.1, -0.05) is 48.5 Å². The van der Waals surface area contributed by atoms with E-state index in [2.05, 4.69) is 0 Å². The Morgan fingerprint density at radius 1 is 0.947 bits per heavy atom. The van der Waals surface area contributed by atoms with Crippen LogP contribution in [0.15, 0.2) is 65.5 Å². The van der Waals surface area contributed by atoms with Crippen LogP contribution in [0.4, 0.5) is 0 Å². The molecule has 0 atom stereocenters. The monoisotopic (exact) mass is 249 g/mol. The number of aryl methyl sites for hydroxylation is 1. The molecule has 19 heavy (non-hydrogen) atoms. The van der Waals surface area contributed by atoms with Gasteiger partial charge in [0.05, 0.1) is 5.52 Å². The third kappa shape index (κ3) is 1.95. The summed E-state index contributed by atoms with van der Waals surface area (Å²) in [5.41, 5.74) is 2.81. The number of aromatic nitrogens is 1. The maximum absolute atomic E-state index is 12.6. The van der Waals surface area contributed by atoms with Crippen molar-refractivity contribution in [1.29, 1.82) is 0 Å². The van der Waals surface area contributed by atoms with Crippen molar-refractivity contribution in [2.24, 2.45) is 0 Å². The van der Waals surface area contributed by atoms with Crippen LogP contribution in [0.25, 0.3) is 22.0 Å². The maximum atomic E-state index is 12.6. The highest BCUT2D eigenvalue weighted by atomic mass is 16.1. The molecule has 0 unspecified atom stereocenters. The van der Waals surface area contributed by atoms with Crippen LogP contribution in [0.5, 0.6) is 0 Å². The highest BCUT2D eigenvalue weighted by Crippen LogP contribution is 2.20. The molecular weight excluding hydrogens is 234 g/mol. The SMILES string of the molecule is CCn1c(=O)c(-c2ccccc2)cc2ccccc21. The molecule has 2 heteroatoms. The molecule has 0 spiro atoms. The smallest absolute Gasteiger partial charge is 0.258 e. The number of rotatable bonds is 2. The van der Waals surface area contributed by atoms with Gasteiger partial charge in [0.1, 0.15) is 0 Å². The van der Waals surface area contributed by atoms with Crippen LogP contribution in [0, 0.1) is 0 Å². The van der Waals surface area contributed by atoms with Crippen molar-refractivity contribution >= 4 is 10.9 Å². The molecule has 2 nitrogen and oxygen atoms in total. The Bertz CT molecular complexity index is 772. The van der Waals surface area contributed by atoms with Gasteiger partial charge in [0.15, 0.2) is 0 Å². The summed E-state index contributed by atoms with van der Waals surface area (Å²) in [6.45, 7) is 2.68. The van der Waals surface area contributed by atoms with E-state index < -0.39 is 0 Å². The van der Waals surface area contributed by atoms with Crippen LogP contribution in [0.1, 0.15) is 6.92 Å². The lowest BCUT2D eigenvalue weighted by molar-refractivity contribution is 0.761. The minimum absolute atomic E-state index is 0.0763. The Morgan fingerprint density at radius 3 is 2.37 bits per heavy atom. The predicted molar refractivity (Wildman–Crippen MR) is 79.3 cm³/mol. The van der Waals surface area contributed by atoms with Crippen molar-refractivity contribution in [2.75, 3.05) is 0 Å². The summed E-state index contributed by atoms with van der Waals surface area (Å²) in [6, 6.07) is 19.8. The van der Waals surface area contributed by atoms with Crippen LogP contribution in [0.3, 0.4) is 0 Å². The minimum atomic E-state index is 0.0763. The predicted octanol–water partition coefficient (Wildman–Crippen LogP) is 3.69. The molecule has 0 N–H and O–H groups in total. The van der Waals surface area contributed by atoms with Gasteiger partial charge in [0.25, 0.3) is 5.56 Å². The highest BCUT2D eigenvalue weighted by Gasteiger charge is 2.09. The van der Waals surface area contributed by atoms with E-state index in [4.69, 9.17) is 0 Å². The lowest BCUT2D eigenvalue weighted by Crippen LogP contribution is -2.21. The number of pyridine rings is 1. The van der Waals surface area contributed by atoms with Gasteiger partial charge in [-0.2, -0.15) is 0 Å². The third-order valence-corrected chi connectivity index (χ3v) is 3.40. The second kappa shape index (κ2) is 4.73. The second-order valence-corrected chi connectivity index (χ2v) is 4.53. The number of hydrogen-bond donors (Lipinski definition) is 0. The first-order chi connectivity index (χ1) is 9.31. The van der Waals surface area contributed by atoms with Gasteiger partial charge in [-0.15, -0.1) is 0 Å². The zero-order valence-corrected chi connectivity index (χ0v) is 10.8. The molecule has 0 saturated carbocycles. The molecule has 0 fully saturated rings. The molecule has 94 valence electrons. The van der Waals surface area contributed by atoms with Crippen LogP contribution in [0.2, 0.25) is 0 Å². The topological polar surface area (TPSA) is 22.0 Å². The lowest BCUT2D eigenvalue weighted by atomic mass is 10.0. The summed E-state index contributed by atoms with van der Waals surface area (Å²) in [6.07, 6.45) is 0. The largest absolute Gasteiger partial charge is 0.308 e. The standard InChI is InChI=1S/C17H15NO/c1-2-18-16-11-7-6-10-14(16)12-15(17(18)19)13-8-4-3-5-9-13/h3-12H,2H2,1H3. The Morgan fingerprint density at radius 2 is 1.63 bits per heavy atom. The number of hydrogen-bond acceptors (Lipinski definition) is 1. The molecule has 0 amide bonds. The molecule has 3 aromatic rings. The molecule has 0 aliphatic carbocycles. The van der Waals surface area contributed by atoms with Gasteiger partial charge in [0, 0.05) is 12.1 Å². The number of para-hydroxylation sites is 1. The molecule has 0 aliphatic heterocycles.